The first-order chi connectivity index (χ1) is 16.3. The van der Waals surface area contributed by atoms with Crippen LogP contribution in [-0.2, 0) is 30.8 Å². The molecule has 2 atom stereocenters. The quantitative estimate of drug-likeness (QED) is 0.596. The fraction of sp³-hybridized carbons (Fsp3) is 0.417. The van der Waals surface area contributed by atoms with Crippen molar-refractivity contribution in [2.75, 3.05) is 24.7 Å². The number of para-hydroxylation sites is 1. The van der Waals surface area contributed by atoms with Crippen molar-refractivity contribution in [1.82, 2.24) is 4.72 Å². The van der Waals surface area contributed by atoms with Crippen molar-refractivity contribution in [3.05, 3.63) is 48.0 Å². The third-order valence-electron chi connectivity index (χ3n) is 5.75. The topological polar surface area (TPSA) is 111 Å². The van der Waals surface area contributed by atoms with Crippen LogP contribution in [0, 0.1) is 0 Å². The minimum absolute atomic E-state index is 0.00958. The van der Waals surface area contributed by atoms with Gasteiger partial charge in [-0.3, -0.25) is 9.59 Å². The van der Waals surface area contributed by atoms with Crippen LogP contribution in [0.2, 0.25) is 0 Å². The van der Waals surface area contributed by atoms with E-state index < -0.39 is 22.1 Å². The van der Waals surface area contributed by atoms with E-state index in [0.717, 1.165) is 17.7 Å². The van der Waals surface area contributed by atoms with Gasteiger partial charge in [0.25, 0.3) is 5.91 Å². The maximum Gasteiger partial charge on any atom is 0.307 e. The Kier molecular flexibility index (Phi) is 7.08. The highest BCUT2D eigenvalue weighted by Gasteiger charge is 2.34. The summed E-state index contributed by atoms with van der Waals surface area (Å²) >= 11 is 0. The number of sulfonamides is 1. The van der Waals surface area contributed by atoms with Gasteiger partial charge in [0.05, 0.1) is 24.5 Å². The summed E-state index contributed by atoms with van der Waals surface area (Å²) < 4.78 is 44.0. The lowest BCUT2D eigenvalue weighted by Gasteiger charge is -2.26. The molecule has 0 bridgehead atoms. The van der Waals surface area contributed by atoms with Crippen molar-refractivity contribution in [1.29, 1.82) is 0 Å². The second-order valence-electron chi connectivity index (χ2n) is 8.33. The standard InChI is InChI=1S/C24H28N2O7S/c1-16-14-18-6-3-4-7-20(18)26(16)24(28)17(2)33-23(27)10-11-25-34(29,30)19-8-9-21-22(15-19)32-13-5-12-31-21/h3-4,6-9,15-17,25H,5,10-14H2,1-2H3/t16-,17+/m1/s1. The van der Waals surface area contributed by atoms with Crippen molar-refractivity contribution in [2.24, 2.45) is 0 Å². The first kappa shape index (κ1) is 24.0. The molecule has 2 aromatic carbocycles. The fourth-order valence-electron chi connectivity index (χ4n) is 4.09. The molecule has 0 aliphatic carbocycles. The van der Waals surface area contributed by atoms with Gasteiger partial charge in [-0.25, -0.2) is 13.1 Å². The molecule has 34 heavy (non-hydrogen) atoms. The number of esters is 1. The zero-order valence-electron chi connectivity index (χ0n) is 19.2. The molecule has 2 aromatic rings. The van der Waals surface area contributed by atoms with Crippen LogP contribution in [0.5, 0.6) is 11.5 Å². The molecule has 1 amide bonds. The third-order valence-corrected chi connectivity index (χ3v) is 7.21. The molecule has 10 heteroatoms. The Hall–Kier alpha value is -3.11. The van der Waals surface area contributed by atoms with E-state index in [1.807, 2.05) is 31.2 Å². The monoisotopic (exact) mass is 488 g/mol. The molecular weight excluding hydrogens is 460 g/mol. The smallest absolute Gasteiger partial charge is 0.307 e. The van der Waals surface area contributed by atoms with Gasteiger partial charge in [0.15, 0.2) is 17.6 Å². The van der Waals surface area contributed by atoms with E-state index in [9.17, 15) is 18.0 Å². The second kappa shape index (κ2) is 10.0. The average Bonchev–Trinajstić information content (AvgIpc) is 2.97. The summed E-state index contributed by atoms with van der Waals surface area (Å²) in [5, 5.41) is 0. The molecule has 0 unspecified atom stereocenters. The Morgan fingerprint density at radius 3 is 2.68 bits per heavy atom. The molecule has 9 nitrogen and oxygen atoms in total. The molecular formula is C24H28N2O7S. The Balaban J connectivity index is 1.30. The number of anilines is 1. The Bertz CT molecular complexity index is 1180. The molecule has 0 aromatic heterocycles. The SMILES string of the molecule is C[C@H](OC(=O)CCNS(=O)(=O)c1ccc2c(c1)OCCCO2)C(=O)N1c2ccccc2C[C@H]1C. The van der Waals surface area contributed by atoms with E-state index in [-0.39, 0.29) is 29.8 Å². The summed E-state index contributed by atoms with van der Waals surface area (Å²) in [5.41, 5.74) is 1.90. The van der Waals surface area contributed by atoms with Gasteiger partial charge in [-0.2, -0.15) is 0 Å². The third kappa shape index (κ3) is 5.18. The van der Waals surface area contributed by atoms with Gasteiger partial charge in [-0.15, -0.1) is 0 Å². The summed E-state index contributed by atoms with van der Waals surface area (Å²) in [4.78, 5) is 26.9. The highest BCUT2D eigenvalue weighted by Crippen LogP contribution is 2.33. The predicted octanol–water partition coefficient (Wildman–Crippen LogP) is 2.43. The van der Waals surface area contributed by atoms with Crippen LogP contribution < -0.4 is 19.1 Å². The largest absolute Gasteiger partial charge is 0.490 e. The normalized spacial score (nSPS) is 18.1. The molecule has 2 aliphatic rings. The highest BCUT2D eigenvalue weighted by atomic mass is 32.2. The van der Waals surface area contributed by atoms with Gasteiger partial charge in [-0.1, -0.05) is 18.2 Å². The van der Waals surface area contributed by atoms with E-state index in [4.69, 9.17) is 14.2 Å². The Morgan fingerprint density at radius 2 is 1.88 bits per heavy atom. The minimum Gasteiger partial charge on any atom is -0.490 e. The predicted molar refractivity (Wildman–Crippen MR) is 125 cm³/mol. The number of carbonyl (C=O) groups is 2. The molecule has 0 saturated carbocycles. The van der Waals surface area contributed by atoms with Crippen molar-refractivity contribution in [2.45, 2.75) is 50.2 Å². The van der Waals surface area contributed by atoms with Crippen molar-refractivity contribution in [3.8, 4) is 11.5 Å². The van der Waals surface area contributed by atoms with Crippen LogP contribution in [0.25, 0.3) is 0 Å². The number of nitrogens with zero attached hydrogens (tertiary/aromatic N) is 1. The van der Waals surface area contributed by atoms with Crippen molar-refractivity contribution >= 4 is 27.6 Å². The number of rotatable bonds is 7. The number of carbonyl (C=O) groups excluding carboxylic acids is 2. The molecule has 2 heterocycles. The Morgan fingerprint density at radius 1 is 1.15 bits per heavy atom. The van der Waals surface area contributed by atoms with E-state index in [2.05, 4.69) is 4.72 Å². The van der Waals surface area contributed by atoms with Gasteiger partial charge in [-0.05, 0) is 44.0 Å². The molecule has 182 valence electrons. The molecule has 0 spiro atoms. The number of hydrogen-bond acceptors (Lipinski definition) is 7. The molecule has 2 aliphatic heterocycles. The summed E-state index contributed by atoms with van der Waals surface area (Å²) in [7, 11) is -3.87. The first-order valence-electron chi connectivity index (χ1n) is 11.3. The molecule has 0 saturated heterocycles. The van der Waals surface area contributed by atoms with Crippen LogP contribution in [-0.4, -0.2) is 52.2 Å². The van der Waals surface area contributed by atoms with Crippen LogP contribution in [0.4, 0.5) is 5.69 Å². The van der Waals surface area contributed by atoms with E-state index in [0.29, 0.717) is 31.1 Å². The average molecular weight is 489 g/mol. The number of ether oxygens (including phenoxy) is 3. The van der Waals surface area contributed by atoms with Crippen LogP contribution in [0.15, 0.2) is 47.4 Å². The van der Waals surface area contributed by atoms with Crippen LogP contribution >= 0.6 is 0 Å². The van der Waals surface area contributed by atoms with Crippen LogP contribution in [0.1, 0.15) is 32.3 Å². The highest BCUT2D eigenvalue weighted by molar-refractivity contribution is 7.89. The number of fused-ring (bicyclic) bond motifs is 2. The van der Waals surface area contributed by atoms with Crippen molar-refractivity contribution in [3.63, 3.8) is 0 Å². The summed E-state index contributed by atoms with van der Waals surface area (Å²) in [6, 6.07) is 12.0. The van der Waals surface area contributed by atoms with Gasteiger partial charge in [0.2, 0.25) is 10.0 Å². The van der Waals surface area contributed by atoms with Gasteiger partial charge in [0.1, 0.15) is 0 Å². The lowest BCUT2D eigenvalue weighted by molar-refractivity contribution is -0.153. The first-order valence-corrected chi connectivity index (χ1v) is 12.7. The Labute approximate surface area is 199 Å². The lowest BCUT2D eigenvalue weighted by Crippen LogP contribution is -2.43. The number of hydrogen-bond donors (Lipinski definition) is 1. The molecule has 1 N–H and O–H groups in total. The summed E-state index contributed by atoms with van der Waals surface area (Å²) in [6.07, 6.45) is 0.248. The van der Waals surface area contributed by atoms with E-state index in [1.165, 1.54) is 19.1 Å². The number of nitrogens with one attached hydrogen (secondary N) is 1. The van der Waals surface area contributed by atoms with Gasteiger partial charge < -0.3 is 19.1 Å². The molecule has 4 rings (SSSR count). The lowest BCUT2D eigenvalue weighted by atomic mass is 10.1. The van der Waals surface area contributed by atoms with Gasteiger partial charge in [0, 0.05) is 30.8 Å². The van der Waals surface area contributed by atoms with Crippen molar-refractivity contribution < 1.29 is 32.2 Å². The zero-order valence-corrected chi connectivity index (χ0v) is 20.0. The summed E-state index contributed by atoms with van der Waals surface area (Å²) in [5.74, 6) is -0.112. The number of amides is 1. The maximum absolute atomic E-state index is 12.9. The number of benzene rings is 2. The fourth-order valence-corrected chi connectivity index (χ4v) is 5.13. The second-order valence-corrected chi connectivity index (χ2v) is 10.1. The molecule has 0 fully saturated rings. The minimum atomic E-state index is -3.87. The van der Waals surface area contributed by atoms with Crippen LogP contribution in [0.3, 0.4) is 0 Å². The summed E-state index contributed by atoms with van der Waals surface area (Å²) in [6.45, 7) is 4.24. The molecule has 0 radical (unpaired) electrons. The zero-order chi connectivity index (χ0) is 24.3. The van der Waals surface area contributed by atoms with E-state index >= 15 is 0 Å². The maximum atomic E-state index is 12.9. The van der Waals surface area contributed by atoms with E-state index in [1.54, 1.807) is 11.0 Å². The van der Waals surface area contributed by atoms with Gasteiger partial charge >= 0.3 is 5.97 Å².